The predicted molar refractivity (Wildman–Crippen MR) is 65.3 cm³/mol. The summed E-state index contributed by atoms with van der Waals surface area (Å²) in [6, 6.07) is 10.2. The maximum Gasteiger partial charge on any atom is 0.232 e. The van der Waals surface area contributed by atoms with Gasteiger partial charge < -0.3 is 4.90 Å². The molecule has 1 fully saturated rings. The van der Waals surface area contributed by atoms with Crippen molar-refractivity contribution in [2.45, 2.75) is 31.6 Å². The summed E-state index contributed by atoms with van der Waals surface area (Å²) >= 11 is 0. The Kier molecular flexibility index (Phi) is 2.99. The molecule has 0 spiro atoms. The Balaban J connectivity index is 2.30. The molecule has 1 aromatic rings. The van der Waals surface area contributed by atoms with Crippen molar-refractivity contribution in [3.05, 3.63) is 35.9 Å². The minimum atomic E-state index is -0.216. The predicted octanol–water partition coefficient (Wildman–Crippen LogP) is 2.59. The lowest BCUT2D eigenvalue weighted by Crippen LogP contribution is -2.49. The Morgan fingerprint density at radius 1 is 1.31 bits per heavy atom. The molecule has 1 aliphatic rings. The van der Waals surface area contributed by atoms with Crippen molar-refractivity contribution in [3.8, 4) is 0 Å². The van der Waals surface area contributed by atoms with Crippen LogP contribution in [-0.4, -0.2) is 24.4 Å². The normalized spacial score (nSPS) is 17.6. The molecule has 1 aromatic carbocycles. The van der Waals surface area contributed by atoms with Gasteiger partial charge in [0, 0.05) is 13.6 Å². The third-order valence-corrected chi connectivity index (χ3v) is 3.76. The quantitative estimate of drug-likeness (QED) is 0.762. The second kappa shape index (κ2) is 4.28. The summed E-state index contributed by atoms with van der Waals surface area (Å²) in [6.07, 6.45) is 3.17. The van der Waals surface area contributed by atoms with Gasteiger partial charge in [-0.1, -0.05) is 36.8 Å². The fourth-order valence-corrected chi connectivity index (χ4v) is 2.42. The van der Waals surface area contributed by atoms with Gasteiger partial charge in [0.05, 0.1) is 5.41 Å². The van der Waals surface area contributed by atoms with Gasteiger partial charge in [-0.05, 0) is 25.3 Å². The van der Waals surface area contributed by atoms with Gasteiger partial charge in [0.25, 0.3) is 0 Å². The Bertz CT molecular complexity index is 368. The first-order chi connectivity index (χ1) is 7.70. The summed E-state index contributed by atoms with van der Waals surface area (Å²) in [5.74, 6) is 0.285. The van der Waals surface area contributed by atoms with E-state index in [0.29, 0.717) is 0 Å². The highest BCUT2D eigenvalue weighted by atomic mass is 16.2. The highest BCUT2D eigenvalue weighted by Crippen LogP contribution is 2.44. The summed E-state index contributed by atoms with van der Waals surface area (Å²) in [5, 5.41) is 0. The fourth-order valence-electron chi connectivity index (χ4n) is 2.42. The molecule has 0 radical (unpaired) electrons. The zero-order valence-electron chi connectivity index (χ0n) is 10.1. The van der Waals surface area contributed by atoms with Gasteiger partial charge in [0.15, 0.2) is 0 Å². The van der Waals surface area contributed by atoms with Crippen LogP contribution in [0, 0.1) is 0 Å². The van der Waals surface area contributed by atoms with Crippen LogP contribution >= 0.6 is 0 Å². The van der Waals surface area contributed by atoms with Gasteiger partial charge in [-0.15, -0.1) is 0 Å². The minimum Gasteiger partial charge on any atom is -0.345 e. The van der Waals surface area contributed by atoms with E-state index >= 15 is 0 Å². The highest BCUT2D eigenvalue weighted by molar-refractivity contribution is 5.89. The number of carbonyl (C=O) groups is 1. The lowest BCUT2D eigenvalue weighted by Gasteiger charge is -2.43. The molecule has 0 saturated heterocycles. The SMILES string of the molecule is CCN(C)C(=O)C1(c2ccccc2)CCC1. The van der Waals surface area contributed by atoms with E-state index in [9.17, 15) is 4.79 Å². The van der Waals surface area contributed by atoms with Crippen molar-refractivity contribution in [3.63, 3.8) is 0 Å². The van der Waals surface area contributed by atoms with E-state index in [1.54, 1.807) is 0 Å². The van der Waals surface area contributed by atoms with Crippen LogP contribution in [0.1, 0.15) is 31.7 Å². The van der Waals surface area contributed by atoms with Gasteiger partial charge in [-0.25, -0.2) is 0 Å². The third kappa shape index (κ3) is 1.62. The topological polar surface area (TPSA) is 20.3 Å². The maximum absolute atomic E-state index is 12.4. The molecule has 2 rings (SSSR count). The molecule has 0 aliphatic heterocycles. The van der Waals surface area contributed by atoms with Gasteiger partial charge in [-0.3, -0.25) is 4.79 Å². The van der Waals surface area contributed by atoms with E-state index in [2.05, 4.69) is 12.1 Å². The monoisotopic (exact) mass is 217 g/mol. The molecule has 86 valence electrons. The van der Waals surface area contributed by atoms with Crippen LogP contribution in [0.4, 0.5) is 0 Å². The van der Waals surface area contributed by atoms with E-state index in [1.807, 2.05) is 37.1 Å². The van der Waals surface area contributed by atoms with Gasteiger partial charge in [0.1, 0.15) is 0 Å². The average molecular weight is 217 g/mol. The van der Waals surface area contributed by atoms with E-state index in [4.69, 9.17) is 0 Å². The molecule has 0 aromatic heterocycles. The molecular formula is C14H19NO. The number of carbonyl (C=O) groups excluding carboxylic acids is 1. The first-order valence-corrected chi connectivity index (χ1v) is 6.02. The molecule has 1 saturated carbocycles. The summed E-state index contributed by atoms with van der Waals surface area (Å²) in [4.78, 5) is 14.2. The van der Waals surface area contributed by atoms with Crippen LogP contribution in [0.25, 0.3) is 0 Å². The zero-order valence-corrected chi connectivity index (χ0v) is 10.1. The molecule has 2 heteroatoms. The van der Waals surface area contributed by atoms with Crippen LogP contribution in [0.2, 0.25) is 0 Å². The van der Waals surface area contributed by atoms with Gasteiger partial charge >= 0.3 is 0 Å². The summed E-state index contributed by atoms with van der Waals surface area (Å²) in [6.45, 7) is 2.81. The number of amides is 1. The van der Waals surface area contributed by atoms with E-state index < -0.39 is 0 Å². The average Bonchev–Trinajstić information content (AvgIpc) is 2.28. The molecular weight excluding hydrogens is 198 g/mol. The van der Waals surface area contributed by atoms with Crippen LogP contribution in [-0.2, 0) is 10.2 Å². The van der Waals surface area contributed by atoms with Crippen molar-refractivity contribution in [2.24, 2.45) is 0 Å². The molecule has 1 amide bonds. The van der Waals surface area contributed by atoms with Crippen molar-refractivity contribution in [1.82, 2.24) is 4.90 Å². The largest absolute Gasteiger partial charge is 0.345 e. The molecule has 0 N–H and O–H groups in total. The number of benzene rings is 1. The third-order valence-electron chi connectivity index (χ3n) is 3.76. The van der Waals surface area contributed by atoms with Crippen molar-refractivity contribution < 1.29 is 4.79 Å². The maximum atomic E-state index is 12.4. The fraction of sp³-hybridized carbons (Fsp3) is 0.500. The smallest absolute Gasteiger partial charge is 0.232 e. The van der Waals surface area contributed by atoms with Crippen LogP contribution in [0.5, 0.6) is 0 Å². The highest BCUT2D eigenvalue weighted by Gasteiger charge is 2.46. The second-order valence-corrected chi connectivity index (χ2v) is 4.62. The van der Waals surface area contributed by atoms with Gasteiger partial charge in [0.2, 0.25) is 5.91 Å². The molecule has 16 heavy (non-hydrogen) atoms. The minimum absolute atomic E-state index is 0.216. The molecule has 2 nitrogen and oxygen atoms in total. The van der Waals surface area contributed by atoms with Crippen LogP contribution < -0.4 is 0 Å². The number of hydrogen-bond acceptors (Lipinski definition) is 1. The lowest BCUT2D eigenvalue weighted by molar-refractivity contribution is -0.139. The number of rotatable bonds is 3. The first kappa shape index (κ1) is 11.2. The number of nitrogens with zero attached hydrogens (tertiary/aromatic N) is 1. The number of likely N-dealkylation sites (N-methyl/N-ethyl adjacent to an activating group) is 1. The van der Waals surface area contributed by atoms with Crippen molar-refractivity contribution in [2.75, 3.05) is 13.6 Å². The van der Waals surface area contributed by atoms with Crippen LogP contribution in [0.3, 0.4) is 0 Å². The molecule has 0 atom stereocenters. The Morgan fingerprint density at radius 3 is 2.38 bits per heavy atom. The standard InChI is InChI=1S/C14H19NO/c1-3-15(2)13(16)14(10-7-11-14)12-8-5-4-6-9-12/h4-6,8-9H,3,7,10-11H2,1-2H3. The molecule has 0 unspecified atom stereocenters. The van der Waals surface area contributed by atoms with Crippen molar-refractivity contribution in [1.29, 1.82) is 0 Å². The van der Waals surface area contributed by atoms with Crippen molar-refractivity contribution >= 4 is 5.91 Å². The van der Waals surface area contributed by atoms with Crippen LogP contribution in [0.15, 0.2) is 30.3 Å². The lowest BCUT2D eigenvalue weighted by atomic mass is 9.63. The Morgan fingerprint density at radius 2 is 1.94 bits per heavy atom. The summed E-state index contributed by atoms with van der Waals surface area (Å²) < 4.78 is 0. The van der Waals surface area contributed by atoms with E-state index in [-0.39, 0.29) is 11.3 Å². The Labute approximate surface area is 97.3 Å². The molecule has 0 heterocycles. The van der Waals surface area contributed by atoms with Gasteiger partial charge in [-0.2, -0.15) is 0 Å². The number of hydrogen-bond donors (Lipinski definition) is 0. The molecule has 1 aliphatic carbocycles. The Hall–Kier alpha value is -1.31. The van der Waals surface area contributed by atoms with E-state index in [0.717, 1.165) is 25.8 Å². The summed E-state index contributed by atoms with van der Waals surface area (Å²) in [7, 11) is 1.89. The van der Waals surface area contributed by atoms with E-state index in [1.165, 1.54) is 5.56 Å². The zero-order chi connectivity index (χ0) is 11.6. The first-order valence-electron chi connectivity index (χ1n) is 6.02. The second-order valence-electron chi connectivity index (χ2n) is 4.62. The molecule has 0 bridgehead atoms. The summed E-state index contributed by atoms with van der Waals surface area (Å²) in [5.41, 5.74) is 0.970.